The summed E-state index contributed by atoms with van der Waals surface area (Å²) in [6.07, 6.45) is 1.21. The highest BCUT2D eigenvalue weighted by Gasteiger charge is 2.42. The van der Waals surface area contributed by atoms with E-state index in [9.17, 15) is 0 Å². The zero-order valence-electron chi connectivity index (χ0n) is 9.44. The van der Waals surface area contributed by atoms with E-state index in [1.165, 1.54) is 12.0 Å². The first-order chi connectivity index (χ1) is 7.24. The van der Waals surface area contributed by atoms with Crippen molar-refractivity contribution in [1.29, 1.82) is 0 Å². The van der Waals surface area contributed by atoms with Crippen LogP contribution in [0.3, 0.4) is 0 Å². The number of hydrogen-bond acceptors (Lipinski definition) is 2. The molecule has 15 heavy (non-hydrogen) atoms. The van der Waals surface area contributed by atoms with Gasteiger partial charge in [-0.3, -0.25) is 0 Å². The number of para-hydroxylation sites is 1. The Balaban J connectivity index is 2.15. The van der Waals surface area contributed by atoms with Gasteiger partial charge >= 0.3 is 0 Å². The van der Waals surface area contributed by atoms with E-state index in [1.807, 2.05) is 13.0 Å². The first-order valence-corrected chi connectivity index (χ1v) is 5.71. The molecule has 0 spiro atoms. The summed E-state index contributed by atoms with van der Waals surface area (Å²) in [6, 6.07) is 8.62. The molecule has 0 heterocycles. The van der Waals surface area contributed by atoms with Crippen LogP contribution in [0.2, 0.25) is 0 Å². The highest BCUT2D eigenvalue weighted by Crippen LogP contribution is 2.51. The van der Waals surface area contributed by atoms with Crippen molar-refractivity contribution in [3.8, 4) is 5.75 Å². The van der Waals surface area contributed by atoms with Crippen molar-refractivity contribution < 1.29 is 4.74 Å². The third-order valence-corrected chi connectivity index (χ3v) is 3.13. The molecule has 0 aliphatic heterocycles. The van der Waals surface area contributed by atoms with Gasteiger partial charge in [-0.1, -0.05) is 18.2 Å². The SMILES string of the molecule is CCOc1ccccc1[C@H]1C[C@@H]1[C@@H](C)N. The molecule has 1 aliphatic rings. The topological polar surface area (TPSA) is 35.2 Å². The van der Waals surface area contributed by atoms with E-state index < -0.39 is 0 Å². The van der Waals surface area contributed by atoms with Crippen molar-refractivity contribution in [2.75, 3.05) is 6.61 Å². The maximum atomic E-state index is 5.91. The molecule has 0 unspecified atom stereocenters. The molecule has 1 saturated carbocycles. The van der Waals surface area contributed by atoms with Gasteiger partial charge in [-0.25, -0.2) is 0 Å². The van der Waals surface area contributed by atoms with Crippen molar-refractivity contribution in [3.63, 3.8) is 0 Å². The number of rotatable bonds is 4. The van der Waals surface area contributed by atoms with Crippen LogP contribution >= 0.6 is 0 Å². The van der Waals surface area contributed by atoms with Gasteiger partial charge in [0.1, 0.15) is 5.75 Å². The molecule has 82 valence electrons. The number of benzene rings is 1. The van der Waals surface area contributed by atoms with Crippen molar-refractivity contribution in [1.82, 2.24) is 0 Å². The van der Waals surface area contributed by atoms with E-state index in [4.69, 9.17) is 10.5 Å². The molecule has 0 bridgehead atoms. The van der Waals surface area contributed by atoms with E-state index in [0.717, 1.165) is 12.4 Å². The highest BCUT2D eigenvalue weighted by molar-refractivity contribution is 5.40. The summed E-state index contributed by atoms with van der Waals surface area (Å²) >= 11 is 0. The lowest BCUT2D eigenvalue weighted by molar-refractivity contribution is 0.336. The minimum absolute atomic E-state index is 0.296. The molecule has 2 heteroatoms. The van der Waals surface area contributed by atoms with Gasteiger partial charge in [0.2, 0.25) is 0 Å². The maximum Gasteiger partial charge on any atom is 0.122 e. The zero-order valence-corrected chi connectivity index (χ0v) is 9.44. The van der Waals surface area contributed by atoms with Crippen LogP contribution in [-0.4, -0.2) is 12.6 Å². The third kappa shape index (κ3) is 2.15. The van der Waals surface area contributed by atoms with Gasteiger partial charge in [0.05, 0.1) is 6.61 Å². The van der Waals surface area contributed by atoms with Crippen molar-refractivity contribution in [2.45, 2.75) is 32.2 Å². The molecule has 0 amide bonds. The first-order valence-electron chi connectivity index (χ1n) is 5.71. The van der Waals surface area contributed by atoms with E-state index in [1.54, 1.807) is 0 Å². The molecular formula is C13H19NO. The highest BCUT2D eigenvalue weighted by atomic mass is 16.5. The van der Waals surface area contributed by atoms with Gasteiger partial charge < -0.3 is 10.5 Å². The normalized spacial score (nSPS) is 26.1. The molecule has 2 nitrogen and oxygen atoms in total. The Morgan fingerprint density at radius 3 is 2.80 bits per heavy atom. The molecule has 1 aromatic rings. The minimum atomic E-state index is 0.296. The van der Waals surface area contributed by atoms with Gasteiger partial charge in [0.25, 0.3) is 0 Å². The van der Waals surface area contributed by atoms with Crippen LogP contribution in [-0.2, 0) is 0 Å². The molecule has 3 atom stereocenters. The van der Waals surface area contributed by atoms with Crippen LogP contribution in [0.1, 0.15) is 31.7 Å². The molecule has 1 fully saturated rings. The number of ether oxygens (including phenoxy) is 1. The summed E-state index contributed by atoms with van der Waals surface area (Å²) in [5.74, 6) is 2.30. The summed E-state index contributed by atoms with van der Waals surface area (Å²) in [5.41, 5.74) is 7.24. The quantitative estimate of drug-likeness (QED) is 0.819. The first kappa shape index (κ1) is 10.5. The Labute approximate surface area is 91.4 Å². The fraction of sp³-hybridized carbons (Fsp3) is 0.538. The van der Waals surface area contributed by atoms with Gasteiger partial charge in [0.15, 0.2) is 0 Å². The second-order valence-corrected chi connectivity index (χ2v) is 4.34. The Kier molecular flexibility index (Phi) is 2.96. The third-order valence-electron chi connectivity index (χ3n) is 3.13. The fourth-order valence-electron chi connectivity index (χ4n) is 2.23. The van der Waals surface area contributed by atoms with Crippen LogP contribution in [0.5, 0.6) is 5.75 Å². The second kappa shape index (κ2) is 4.23. The summed E-state index contributed by atoms with van der Waals surface area (Å²) in [6.45, 7) is 4.84. The van der Waals surface area contributed by atoms with Gasteiger partial charge in [0, 0.05) is 6.04 Å². The van der Waals surface area contributed by atoms with Crippen LogP contribution in [0.4, 0.5) is 0 Å². The lowest BCUT2D eigenvalue weighted by atomic mass is 10.1. The van der Waals surface area contributed by atoms with Gasteiger partial charge in [-0.15, -0.1) is 0 Å². The Hall–Kier alpha value is -1.02. The molecule has 0 aromatic heterocycles. The van der Waals surface area contributed by atoms with Crippen molar-refractivity contribution in [2.24, 2.45) is 11.7 Å². The molecule has 0 radical (unpaired) electrons. The van der Waals surface area contributed by atoms with Crippen LogP contribution in [0.15, 0.2) is 24.3 Å². The maximum absolute atomic E-state index is 5.91. The van der Waals surface area contributed by atoms with E-state index in [-0.39, 0.29) is 0 Å². The average Bonchev–Trinajstić information content (AvgIpc) is 2.99. The fourth-order valence-corrected chi connectivity index (χ4v) is 2.23. The predicted molar refractivity (Wildman–Crippen MR) is 62.1 cm³/mol. The van der Waals surface area contributed by atoms with E-state index >= 15 is 0 Å². The molecule has 1 aromatic carbocycles. The molecule has 0 saturated heterocycles. The van der Waals surface area contributed by atoms with Crippen molar-refractivity contribution >= 4 is 0 Å². The minimum Gasteiger partial charge on any atom is -0.494 e. The molecule has 2 N–H and O–H groups in total. The van der Waals surface area contributed by atoms with Crippen molar-refractivity contribution in [3.05, 3.63) is 29.8 Å². The number of hydrogen-bond donors (Lipinski definition) is 1. The summed E-state index contributed by atoms with van der Waals surface area (Å²) < 4.78 is 5.63. The second-order valence-electron chi connectivity index (χ2n) is 4.34. The summed E-state index contributed by atoms with van der Waals surface area (Å²) in [7, 11) is 0. The van der Waals surface area contributed by atoms with Crippen LogP contribution < -0.4 is 10.5 Å². The van der Waals surface area contributed by atoms with Crippen LogP contribution in [0.25, 0.3) is 0 Å². The van der Waals surface area contributed by atoms with E-state index in [0.29, 0.717) is 17.9 Å². The Morgan fingerprint density at radius 2 is 2.20 bits per heavy atom. The lowest BCUT2D eigenvalue weighted by Crippen LogP contribution is -2.18. The summed E-state index contributed by atoms with van der Waals surface area (Å²) in [4.78, 5) is 0. The average molecular weight is 205 g/mol. The van der Waals surface area contributed by atoms with E-state index in [2.05, 4.69) is 25.1 Å². The standard InChI is InChI=1S/C13H19NO/c1-3-15-13-7-5-4-6-10(13)12-8-11(12)9(2)14/h4-7,9,11-12H,3,8,14H2,1-2H3/t9-,11-,12-/m1/s1. The number of nitrogens with two attached hydrogens (primary N) is 1. The zero-order chi connectivity index (χ0) is 10.8. The van der Waals surface area contributed by atoms with Gasteiger partial charge in [-0.2, -0.15) is 0 Å². The van der Waals surface area contributed by atoms with Gasteiger partial charge in [-0.05, 0) is 43.7 Å². The predicted octanol–water partition coefficient (Wildman–Crippen LogP) is 2.54. The smallest absolute Gasteiger partial charge is 0.122 e. The monoisotopic (exact) mass is 205 g/mol. The molecule has 1 aliphatic carbocycles. The largest absolute Gasteiger partial charge is 0.494 e. The Morgan fingerprint density at radius 1 is 1.47 bits per heavy atom. The molecule has 2 rings (SSSR count). The summed E-state index contributed by atoms with van der Waals surface area (Å²) in [5, 5.41) is 0. The Bertz CT molecular complexity index is 335. The molecular weight excluding hydrogens is 186 g/mol. The lowest BCUT2D eigenvalue weighted by Gasteiger charge is -2.10. The van der Waals surface area contributed by atoms with Crippen LogP contribution in [0, 0.1) is 5.92 Å².